The first-order valence-corrected chi connectivity index (χ1v) is 6.75. The number of hydrogen-bond donors (Lipinski definition) is 2. The number of nitrogens with one attached hydrogen (secondary N) is 2. The Morgan fingerprint density at radius 3 is 2.45 bits per heavy atom. The molecule has 2 N–H and O–H groups in total. The predicted octanol–water partition coefficient (Wildman–Crippen LogP) is 4.25. The van der Waals surface area contributed by atoms with Gasteiger partial charge >= 0.3 is 0 Å². The lowest BCUT2D eigenvalue weighted by Gasteiger charge is -2.11. The number of aryl methyl sites for hydroxylation is 2. The molecule has 0 saturated carbocycles. The van der Waals surface area contributed by atoms with Crippen LogP contribution in [-0.4, -0.2) is 13.0 Å². The third kappa shape index (κ3) is 3.11. The quantitative estimate of drug-likeness (QED) is 0.886. The summed E-state index contributed by atoms with van der Waals surface area (Å²) in [5.41, 5.74) is 4.39. The number of carbonyl (C=O) groups is 1. The second-order valence-corrected chi connectivity index (χ2v) is 5.13. The molecule has 3 nitrogen and oxygen atoms in total. The van der Waals surface area contributed by atoms with E-state index in [1.165, 1.54) is 5.56 Å². The van der Waals surface area contributed by atoms with Crippen molar-refractivity contribution in [2.24, 2.45) is 0 Å². The second kappa shape index (κ2) is 5.97. The molecule has 20 heavy (non-hydrogen) atoms. The van der Waals surface area contributed by atoms with Crippen LogP contribution in [0.5, 0.6) is 0 Å². The van der Waals surface area contributed by atoms with E-state index in [4.69, 9.17) is 11.6 Å². The van der Waals surface area contributed by atoms with Gasteiger partial charge in [-0.25, -0.2) is 0 Å². The van der Waals surface area contributed by atoms with Crippen LogP contribution in [0.15, 0.2) is 36.4 Å². The monoisotopic (exact) mass is 288 g/mol. The minimum atomic E-state index is -0.180. The van der Waals surface area contributed by atoms with Crippen molar-refractivity contribution in [1.82, 2.24) is 0 Å². The summed E-state index contributed by atoms with van der Waals surface area (Å²) in [5.74, 6) is -0.180. The predicted molar refractivity (Wildman–Crippen MR) is 84.9 cm³/mol. The third-order valence-corrected chi connectivity index (χ3v) is 3.50. The Morgan fingerprint density at radius 2 is 1.80 bits per heavy atom. The van der Waals surface area contributed by atoms with Gasteiger partial charge in [-0.1, -0.05) is 17.7 Å². The first-order chi connectivity index (χ1) is 9.51. The molecule has 4 heteroatoms. The van der Waals surface area contributed by atoms with Gasteiger partial charge in [0, 0.05) is 23.4 Å². The Balaban J connectivity index is 2.27. The Hall–Kier alpha value is -2.00. The van der Waals surface area contributed by atoms with Crippen molar-refractivity contribution in [3.05, 3.63) is 58.1 Å². The largest absolute Gasteiger partial charge is 0.387 e. The number of anilines is 2. The number of carbonyl (C=O) groups excluding carboxylic acids is 1. The van der Waals surface area contributed by atoms with Crippen LogP contribution in [0.25, 0.3) is 0 Å². The maximum absolute atomic E-state index is 12.3. The molecule has 0 aliphatic heterocycles. The SMILES string of the molecule is CNc1ccc(Cl)cc1C(=O)Nc1ccc(C)c(C)c1. The third-order valence-electron chi connectivity index (χ3n) is 3.26. The van der Waals surface area contributed by atoms with Gasteiger partial charge in [0.2, 0.25) is 0 Å². The molecule has 0 aliphatic carbocycles. The summed E-state index contributed by atoms with van der Waals surface area (Å²) < 4.78 is 0. The fourth-order valence-corrected chi connectivity index (χ4v) is 2.11. The topological polar surface area (TPSA) is 41.1 Å². The van der Waals surface area contributed by atoms with Crippen LogP contribution in [0.2, 0.25) is 5.02 Å². The van der Waals surface area contributed by atoms with Crippen molar-refractivity contribution in [1.29, 1.82) is 0 Å². The van der Waals surface area contributed by atoms with Gasteiger partial charge in [0.25, 0.3) is 5.91 Å². The van der Waals surface area contributed by atoms with Gasteiger partial charge in [-0.05, 0) is 55.3 Å². The minimum absolute atomic E-state index is 0.180. The van der Waals surface area contributed by atoms with Crippen LogP contribution >= 0.6 is 11.6 Å². The summed E-state index contributed by atoms with van der Waals surface area (Å²) in [6.45, 7) is 4.06. The van der Waals surface area contributed by atoms with Crippen LogP contribution in [0.3, 0.4) is 0 Å². The average molecular weight is 289 g/mol. The van der Waals surface area contributed by atoms with Crippen molar-refractivity contribution in [3.8, 4) is 0 Å². The van der Waals surface area contributed by atoms with Gasteiger partial charge in [0.15, 0.2) is 0 Å². The summed E-state index contributed by atoms with van der Waals surface area (Å²) in [5, 5.41) is 6.42. The highest BCUT2D eigenvalue weighted by Crippen LogP contribution is 2.22. The van der Waals surface area contributed by atoms with E-state index < -0.39 is 0 Å². The summed E-state index contributed by atoms with van der Waals surface area (Å²) in [6, 6.07) is 11.0. The molecule has 2 rings (SSSR count). The van der Waals surface area contributed by atoms with Gasteiger partial charge in [0.1, 0.15) is 0 Å². The molecule has 0 aromatic heterocycles. The van der Waals surface area contributed by atoms with Crippen LogP contribution in [0.4, 0.5) is 11.4 Å². The Labute approximate surface area is 124 Å². The van der Waals surface area contributed by atoms with Crippen molar-refractivity contribution >= 4 is 28.9 Å². The molecule has 0 saturated heterocycles. The average Bonchev–Trinajstić information content (AvgIpc) is 2.43. The molecular formula is C16H17ClN2O. The van der Waals surface area contributed by atoms with Crippen molar-refractivity contribution < 1.29 is 4.79 Å². The number of hydrogen-bond acceptors (Lipinski definition) is 2. The Kier molecular flexibility index (Phi) is 4.30. The summed E-state index contributed by atoms with van der Waals surface area (Å²) in [7, 11) is 1.77. The van der Waals surface area contributed by atoms with E-state index in [9.17, 15) is 4.79 Å². The molecule has 0 spiro atoms. The molecular weight excluding hydrogens is 272 g/mol. The lowest BCUT2D eigenvalue weighted by atomic mass is 10.1. The molecule has 2 aromatic rings. The van der Waals surface area contributed by atoms with Crippen LogP contribution in [-0.2, 0) is 0 Å². The van der Waals surface area contributed by atoms with E-state index in [1.54, 1.807) is 25.2 Å². The highest BCUT2D eigenvalue weighted by atomic mass is 35.5. The number of benzene rings is 2. The highest BCUT2D eigenvalue weighted by Gasteiger charge is 2.12. The lowest BCUT2D eigenvalue weighted by Crippen LogP contribution is -2.14. The van der Waals surface area contributed by atoms with Gasteiger partial charge in [-0.15, -0.1) is 0 Å². The Bertz CT molecular complexity index is 653. The zero-order valence-corrected chi connectivity index (χ0v) is 12.5. The maximum Gasteiger partial charge on any atom is 0.257 e. The van der Waals surface area contributed by atoms with E-state index in [-0.39, 0.29) is 5.91 Å². The van der Waals surface area contributed by atoms with Crippen molar-refractivity contribution in [2.45, 2.75) is 13.8 Å². The summed E-state index contributed by atoms with van der Waals surface area (Å²) >= 11 is 5.96. The molecule has 0 heterocycles. The van der Waals surface area contributed by atoms with Crippen LogP contribution in [0.1, 0.15) is 21.5 Å². The van der Waals surface area contributed by atoms with E-state index in [0.29, 0.717) is 10.6 Å². The van der Waals surface area contributed by atoms with Gasteiger partial charge in [-0.3, -0.25) is 4.79 Å². The lowest BCUT2D eigenvalue weighted by molar-refractivity contribution is 0.102. The van der Waals surface area contributed by atoms with E-state index in [2.05, 4.69) is 10.6 Å². The van der Waals surface area contributed by atoms with Crippen LogP contribution < -0.4 is 10.6 Å². The molecule has 1 amide bonds. The molecule has 0 unspecified atom stereocenters. The molecule has 2 aromatic carbocycles. The molecule has 0 aliphatic rings. The second-order valence-electron chi connectivity index (χ2n) is 4.69. The summed E-state index contributed by atoms with van der Waals surface area (Å²) in [4.78, 5) is 12.3. The summed E-state index contributed by atoms with van der Waals surface area (Å²) in [6.07, 6.45) is 0. The van der Waals surface area contributed by atoms with Crippen LogP contribution in [0, 0.1) is 13.8 Å². The Morgan fingerprint density at radius 1 is 1.05 bits per heavy atom. The first-order valence-electron chi connectivity index (χ1n) is 6.37. The molecule has 0 atom stereocenters. The zero-order valence-electron chi connectivity index (χ0n) is 11.8. The van der Waals surface area contributed by atoms with E-state index >= 15 is 0 Å². The number of amides is 1. The zero-order chi connectivity index (χ0) is 14.7. The normalized spacial score (nSPS) is 10.2. The molecule has 0 radical (unpaired) electrons. The first kappa shape index (κ1) is 14.4. The minimum Gasteiger partial charge on any atom is -0.387 e. The van der Waals surface area contributed by atoms with Crippen molar-refractivity contribution in [2.75, 3.05) is 17.7 Å². The fourth-order valence-electron chi connectivity index (χ4n) is 1.94. The fraction of sp³-hybridized carbons (Fsp3) is 0.188. The molecule has 104 valence electrons. The van der Waals surface area contributed by atoms with Gasteiger partial charge in [0.05, 0.1) is 5.56 Å². The van der Waals surface area contributed by atoms with Gasteiger partial charge < -0.3 is 10.6 Å². The van der Waals surface area contributed by atoms with Gasteiger partial charge in [-0.2, -0.15) is 0 Å². The van der Waals surface area contributed by atoms with E-state index in [1.807, 2.05) is 32.0 Å². The van der Waals surface area contributed by atoms with E-state index in [0.717, 1.165) is 16.9 Å². The van der Waals surface area contributed by atoms with Crippen molar-refractivity contribution in [3.63, 3.8) is 0 Å². The smallest absolute Gasteiger partial charge is 0.257 e. The highest BCUT2D eigenvalue weighted by molar-refractivity contribution is 6.31. The number of halogens is 1. The molecule has 0 bridgehead atoms. The molecule has 0 fully saturated rings. The standard InChI is InChI=1S/C16H17ClN2O/c1-10-4-6-13(8-11(10)2)19-16(20)14-9-12(17)5-7-15(14)18-3/h4-9,18H,1-3H3,(H,19,20). The maximum atomic E-state index is 12.3. The number of rotatable bonds is 3.